The van der Waals surface area contributed by atoms with Crippen molar-refractivity contribution in [2.45, 2.75) is 18.2 Å². The number of aromatic nitrogens is 1. The Morgan fingerprint density at radius 3 is 2.54 bits per heavy atom. The lowest BCUT2D eigenvalue weighted by atomic mass is 10.1. The molecule has 132 valence electrons. The van der Waals surface area contributed by atoms with Gasteiger partial charge in [0.2, 0.25) is 10.0 Å². The van der Waals surface area contributed by atoms with Gasteiger partial charge in [-0.1, -0.05) is 42.5 Å². The molecule has 0 amide bonds. The molecule has 0 spiro atoms. The van der Waals surface area contributed by atoms with Crippen LogP contribution in [0.5, 0.6) is 0 Å². The van der Waals surface area contributed by atoms with Crippen molar-refractivity contribution in [1.82, 2.24) is 9.71 Å². The third kappa shape index (κ3) is 3.82. The van der Waals surface area contributed by atoms with Crippen LogP contribution in [0.15, 0.2) is 63.9 Å². The first kappa shape index (κ1) is 17.9. The van der Waals surface area contributed by atoms with Gasteiger partial charge >= 0.3 is 0 Å². The van der Waals surface area contributed by atoms with E-state index in [4.69, 9.17) is 9.68 Å². The molecule has 2 aromatic carbocycles. The molecule has 26 heavy (non-hydrogen) atoms. The standard InChI is InChI=1S/C19H17N3O3S/c1-14-22-19(15-7-3-2-4-8-15)17(25-14)11-12-21-26(23,24)18-10-6-5-9-16(18)13-20/h2-10,21H,11-12H2,1H3. The lowest BCUT2D eigenvalue weighted by molar-refractivity contribution is 0.473. The van der Waals surface area contributed by atoms with Crippen LogP contribution in [-0.4, -0.2) is 19.9 Å². The third-order valence-corrected chi connectivity index (χ3v) is 5.31. The molecule has 0 aliphatic heterocycles. The van der Waals surface area contributed by atoms with E-state index in [1.54, 1.807) is 19.1 Å². The molecular formula is C19H17N3O3S. The van der Waals surface area contributed by atoms with E-state index < -0.39 is 10.0 Å². The molecule has 1 heterocycles. The van der Waals surface area contributed by atoms with E-state index in [9.17, 15) is 8.42 Å². The zero-order valence-corrected chi connectivity index (χ0v) is 15.0. The first-order valence-electron chi connectivity index (χ1n) is 8.02. The Labute approximate surface area is 152 Å². The minimum absolute atomic E-state index is 0.0282. The quantitative estimate of drug-likeness (QED) is 0.722. The van der Waals surface area contributed by atoms with Crippen molar-refractivity contribution < 1.29 is 12.8 Å². The summed E-state index contributed by atoms with van der Waals surface area (Å²) in [6.07, 6.45) is 0.346. The largest absolute Gasteiger partial charge is 0.445 e. The number of nitrogens with zero attached hydrogens (tertiary/aromatic N) is 2. The molecule has 1 aromatic heterocycles. The number of nitrogens with one attached hydrogen (secondary N) is 1. The predicted octanol–water partition coefficient (Wildman–Crippen LogP) is 3.04. The summed E-state index contributed by atoms with van der Waals surface area (Å²) in [6.45, 7) is 1.89. The van der Waals surface area contributed by atoms with Gasteiger partial charge in [-0.15, -0.1) is 0 Å². The van der Waals surface area contributed by atoms with Crippen LogP contribution in [-0.2, 0) is 16.4 Å². The molecule has 7 heteroatoms. The van der Waals surface area contributed by atoms with Crippen molar-refractivity contribution in [3.05, 3.63) is 71.8 Å². The fourth-order valence-corrected chi connectivity index (χ4v) is 3.82. The summed E-state index contributed by atoms with van der Waals surface area (Å²) >= 11 is 0. The number of hydrogen-bond donors (Lipinski definition) is 1. The monoisotopic (exact) mass is 367 g/mol. The van der Waals surface area contributed by atoms with Crippen molar-refractivity contribution in [2.75, 3.05) is 6.54 Å². The van der Waals surface area contributed by atoms with Gasteiger partial charge in [0.15, 0.2) is 5.89 Å². The van der Waals surface area contributed by atoms with Crippen molar-refractivity contribution in [1.29, 1.82) is 5.26 Å². The minimum atomic E-state index is -3.78. The Morgan fingerprint density at radius 2 is 1.81 bits per heavy atom. The van der Waals surface area contributed by atoms with E-state index in [1.165, 1.54) is 12.1 Å². The molecule has 0 aliphatic carbocycles. The molecule has 0 atom stereocenters. The average Bonchev–Trinajstić information content (AvgIpc) is 3.03. The fourth-order valence-electron chi connectivity index (χ4n) is 2.63. The second-order valence-corrected chi connectivity index (χ2v) is 7.36. The minimum Gasteiger partial charge on any atom is -0.445 e. The number of sulfonamides is 1. The first-order valence-corrected chi connectivity index (χ1v) is 9.50. The normalized spacial score (nSPS) is 11.2. The van der Waals surface area contributed by atoms with Crippen LogP contribution in [0.4, 0.5) is 0 Å². The van der Waals surface area contributed by atoms with Gasteiger partial charge in [-0.05, 0) is 12.1 Å². The van der Waals surface area contributed by atoms with Crippen LogP contribution < -0.4 is 4.72 Å². The van der Waals surface area contributed by atoms with E-state index >= 15 is 0 Å². The topological polar surface area (TPSA) is 96.0 Å². The molecule has 6 nitrogen and oxygen atoms in total. The molecular weight excluding hydrogens is 350 g/mol. The molecule has 3 aromatic rings. The van der Waals surface area contributed by atoms with E-state index in [0.717, 1.165) is 5.56 Å². The lowest BCUT2D eigenvalue weighted by Crippen LogP contribution is -2.26. The van der Waals surface area contributed by atoms with Crippen molar-refractivity contribution >= 4 is 10.0 Å². The van der Waals surface area contributed by atoms with Crippen molar-refractivity contribution in [3.63, 3.8) is 0 Å². The SMILES string of the molecule is Cc1nc(-c2ccccc2)c(CCNS(=O)(=O)c2ccccc2C#N)o1. The summed E-state index contributed by atoms with van der Waals surface area (Å²) in [5.41, 5.74) is 1.73. The first-order chi connectivity index (χ1) is 12.5. The number of aryl methyl sites for hydroxylation is 1. The van der Waals surface area contributed by atoms with Gasteiger partial charge in [0.05, 0.1) is 10.5 Å². The van der Waals surface area contributed by atoms with Gasteiger partial charge in [-0.25, -0.2) is 18.1 Å². The van der Waals surface area contributed by atoms with E-state index in [2.05, 4.69) is 9.71 Å². The number of rotatable bonds is 6. The van der Waals surface area contributed by atoms with Crippen LogP contribution in [0.1, 0.15) is 17.2 Å². The lowest BCUT2D eigenvalue weighted by Gasteiger charge is -2.07. The zero-order chi connectivity index (χ0) is 18.6. The highest BCUT2D eigenvalue weighted by atomic mass is 32.2. The predicted molar refractivity (Wildman–Crippen MR) is 96.7 cm³/mol. The maximum Gasteiger partial charge on any atom is 0.241 e. The van der Waals surface area contributed by atoms with E-state index in [1.807, 2.05) is 36.4 Å². The highest BCUT2D eigenvalue weighted by Crippen LogP contribution is 2.24. The van der Waals surface area contributed by atoms with E-state index in [0.29, 0.717) is 23.8 Å². The van der Waals surface area contributed by atoms with Crippen LogP contribution in [0.25, 0.3) is 11.3 Å². The molecule has 0 bridgehead atoms. The Hall–Kier alpha value is -2.95. The van der Waals surface area contributed by atoms with Crippen LogP contribution in [0.3, 0.4) is 0 Å². The molecule has 0 saturated carbocycles. The van der Waals surface area contributed by atoms with Crippen molar-refractivity contribution in [3.8, 4) is 17.3 Å². The van der Waals surface area contributed by atoms with E-state index in [-0.39, 0.29) is 17.0 Å². The molecule has 0 aliphatic rings. The summed E-state index contributed by atoms with van der Waals surface area (Å²) in [5, 5.41) is 9.08. The molecule has 0 fully saturated rings. The van der Waals surface area contributed by atoms with Gasteiger partial charge < -0.3 is 4.42 Å². The third-order valence-electron chi connectivity index (χ3n) is 3.79. The van der Waals surface area contributed by atoms with Crippen molar-refractivity contribution in [2.24, 2.45) is 0 Å². The number of benzene rings is 2. The highest BCUT2D eigenvalue weighted by molar-refractivity contribution is 7.89. The summed E-state index contributed by atoms with van der Waals surface area (Å²) in [5.74, 6) is 1.14. The van der Waals surface area contributed by atoms with Crippen LogP contribution in [0.2, 0.25) is 0 Å². The molecule has 0 unspecified atom stereocenters. The zero-order valence-electron chi connectivity index (χ0n) is 14.1. The van der Waals surface area contributed by atoms with Gasteiger partial charge in [-0.3, -0.25) is 0 Å². The number of nitriles is 1. The molecule has 0 radical (unpaired) electrons. The maximum absolute atomic E-state index is 12.5. The Kier molecular flexibility index (Phi) is 5.16. The number of oxazole rings is 1. The number of hydrogen-bond acceptors (Lipinski definition) is 5. The summed E-state index contributed by atoms with van der Waals surface area (Å²) in [6, 6.07) is 17.6. The molecule has 3 rings (SSSR count). The van der Waals surface area contributed by atoms with Gasteiger partial charge in [0.25, 0.3) is 0 Å². The summed E-state index contributed by atoms with van der Waals surface area (Å²) in [7, 11) is -3.78. The molecule has 1 N–H and O–H groups in total. The second-order valence-electron chi connectivity index (χ2n) is 5.63. The van der Waals surface area contributed by atoms with Crippen LogP contribution in [0, 0.1) is 18.3 Å². The fraction of sp³-hybridized carbons (Fsp3) is 0.158. The van der Waals surface area contributed by atoms with Gasteiger partial charge in [0, 0.05) is 25.5 Å². The second kappa shape index (κ2) is 7.52. The Balaban J connectivity index is 1.76. The molecule has 0 saturated heterocycles. The van der Waals surface area contributed by atoms with Gasteiger partial charge in [-0.2, -0.15) is 5.26 Å². The average molecular weight is 367 g/mol. The smallest absolute Gasteiger partial charge is 0.241 e. The Morgan fingerprint density at radius 1 is 1.12 bits per heavy atom. The van der Waals surface area contributed by atoms with Gasteiger partial charge in [0.1, 0.15) is 17.5 Å². The Bertz CT molecular complexity index is 1050. The summed E-state index contributed by atoms with van der Waals surface area (Å²) < 4.78 is 33.1. The maximum atomic E-state index is 12.5. The highest BCUT2D eigenvalue weighted by Gasteiger charge is 2.19. The van der Waals surface area contributed by atoms with Crippen LogP contribution >= 0.6 is 0 Å². The summed E-state index contributed by atoms with van der Waals surface area (Å²) in [4.78, 5) is 4.37.